The lowest BCUT2D eigenvalue weighted by molar-refractivity contribution is -0.130. The van der Waals surface area contributed by atoms with Gasteiger partial charge in [0.15, 0.2) is 5.76 Å². The average molecular weight is 362 g/mol. The number of likely N-dealkylation sites (N-methyl/N-ethyl adjacent to an activating group) is 1. The van der Waals surface area contributed by atoms with E-state index in [0.29, 0.717) is 24.3 Å². The number of carbonyl (C=O) groups excluding carboxylic acids is 2. The lowest BCUT2D eigenvalue weighted by atomic mass is 9.95. The van der Waals surface area contributed by atoms with Gasteiger partial charge in [-0.25, -0.2) is 0 Å². The van der Waals surface area contributed by atoms with E-state index in [1.165, 1.54) is 11.3 Å². The molecule has 3 saturated heterocycles. The minimum Gasteiger partial charge on any atom is -0.455 e. The summed E-state index contributed by atoms with van der Waals surface area (Å²) in [4.78, 5) is 32.0. The van der Waals surface area contributed by atoms with Crippen molar-refractivity contribution in [3.8, 4) is 0 Å². The van der Waals surface area contributed by atoms with E-state index in [9.17, 15) is 9.59 Å². The average Bonchev–Trinajstić information content (AvgIpc) is 2.87. The Balaban J connectivity index is 1.63. The molecule has 3 aliphatic heterocycles. The van der Waals surface area contributed by atoms with Crippen LogP contribution in [-0.2, 0) is 11.3 Å². The third-order valence-corrected chi connectivity index (χ3v) is 5.40. The van der Waals surface area contributed by atoms with Crippen LogP contribution in [0.4, 0.5) is 0 Å². The van der Waals surface area contributed by atoms with Crippen LogP contribution in [0.2, 0.25) is 0 Å². The summed E-state index contributed by atoms with van der Waals surface area (Å²) in [6.45, 7) is 4.14. The van der Waals surface area contributed by atoms with Crippen LogP contribution in [0.5, 0.6) is 0 Å². The first-order valence-electron chi connectivity index (χ1n) is 9.30. The predicted octanol–water partition coefficient (Wildman–Crippen LogP) is 0.966. The van der Waals surface area contributed by atoms with Gasteiger partial charge in [-0.05, 0) is 30.9 Å². The van der Waals surface area contributed by atoms with Crippen LogP contribution in [0, 0.1) is 5.92 Å². The van der Waals surface area contributed by atoms with E-state index in [-0.39, 0.29) is 11.8 Å². The first kappa shape index (κ1) is 18.9. The second-order valence-corrected chi connectivity index (χ2v) is 7.97. The summed E-state index contributed by atoms with van der Waals surface area (Å²) < 4.78 is 5.77. The standard InChI is InChI=1S/C19H30N4O3/c1-20(2)18(24)13-22-9-14-5-6-15(11-22)23(10-14)12-16-7-8-17(26-16)19(25)21(3)4/h7-8,14-15H,5-6,9-13H2,1-4H3/t14-,15+/m1/s1. The molecule has 0 radical (unpaired) electrons. The molecule has 7 heteroatoms. The molecule has 2 bridgehead atoms. The van der Waals surface area contributed by atoms with Gasteiger partial charge >= 0.3 is 0 Å². The molecule has 0 spiro atoms. The summed E-state index contributed by atoms with van der Waals surface area (Å²) in [6.07, 6.45) is 2.37. The van der Waals surface area contributed by atoms with Gasteiger partial charge in [-0.2, -0.15) is 0 Å². The van der Waals surface area contributed by atoms with Crippen molar-refractivity contribution in [2.45, 2.75) is 25.4 Å². The molecule has 4 heterocycles. The highest BCUT2D eigenvalue weighted by atomic mass is 16.4. The first-order valence-corrected chi connectivity index (χ1v) is 9.30. The van der Waals surface area contributed by atoms with Crippen LogP contribution in [0.1, 0.15) is 29.2 Å². The van der Waals surface area contributed by atoms with E-state index in [0.717, 1.165) is 38.4 Å². The largest absolute Gasteiger partial charge is 0.455 e. The van der Waals surface area contributed by atoms with Crippen LogP contribution in [0.3, 0.4) is 0 Å². The van der Waals surface area contributed by atoms with Gasteiger partial charge in [0.2, 0.25) is 5.91 Å². The minimum absolute atomic E-state index is 0.109. The fourth-order valence-electron chi connectivity index (χ4n) is 3.93. The molecule has 0 unspecified atom stereocenters. The number of furan rings is 1. The number of carbonyl (C=O) groups is 2. The van der Waals surface area contributed by atoms with E-state index in [4.69, 9.17) is 4.42 Å². The molecule has 3 fully saturated rings. The Labute approximate surface area is 155 Å². The van der Waals surface area contributed by atoms with Gasteiger partial charge in [-0.1, -0.05) is 0 Å². The zero-order chi connectivity index (χ0) is 18.8. The van der Waals surface area contributed by atoms with Crippen LogP contribution in [-0.4, -0.2) is 91.8 Å². The molecule has 26 heavy (non-hydrogen) atoms. The smallest absolute Gasteiger partial charge is 0.289 e. The summed E-state index contributed by atoms with van der Waals surface area (Å²) in [6, 6.07) is 4.10. The lowest BCUT2D eigenvalue weighted by Crippen LogP contribution is -2.44. The van der Waals surface area contributed by atoms with E-state index < -0.39 is 0 Å². The molecule has 1 aromatic heterocycles. The van der Waals surface area contributed by atoms with Gasteiger partial charge in [-0.15, -0.1) is 0 Å². The van der Waals surface area contributed by atoms with E-state index in [1.807, 2.05) is 20.2 Å². The van der Waals surface area contributed by atoms with Crippen molar-refractivity contribution < 1.29 is 14.0 Å². The quantitative estimate of drug-likeness (QED) is 0.781. The summed E-state index contributed by atoms with van der Waals surface area (Å²) in [7, 11) is 7.07. The van der Waals surface area contributed by atoms with Crippen molar-refractivity contribution in [1.29, 1.82) is 0 Å². The maximum Gasteiger partial charge on any atom is 0.289 e. The molecule has 4 rings (SSSR count). The van der Waals surface area contributed by atoms with Crippen molar-refractivity contribution in [2.24, 2.45) is 5.92 Å². The monoisotopic (exact) mass is 362 g/mol. The molecule has 7 nitrogen and oxygen atoms in total. The van der Waals surface area contributed by atoms with Crippen molar-refractivity contribution >= 4 is 11.8 Å². The molecular weight excluding hydrogens is 332 g/mol. The van der Waals surface area contributed by atoms with Gasteiger partial charge in [0.05, 0.1) is 13.1 Å². The SMILES string of the molecule is CN(C)C(=O)CN1C[C@H]2CC[C@@H](C1)N(Cc1ccc(C(=O)N(C)C)o1)C2. The third kappa shape index (κ3) is 4.27. The van der Waals surface area contributed by atoms with Crippen molar-refractivity contribution in [2.75, 3.05) is 54.4 Å². The Bertz CT molecular complexity index is 655. The van der Waals surface area contributed by atoms with Gasteiger partial charge in [0.25, 0.3) is 5.91 Å². The normalized spacial score (nSPS) is 23.7. The zero-order valence-electron chi connectivity index (χ0n) is 16.3. The lowest BCUT2D eigenvalue weighted by Gasteiger charge is -2.35. The Morgan fingerprint density at radius 1 is 1.08 bits per heavy atom. The Kier molecular flexibility index (Phi) is 5.67. The highest BCUT2D eigenvalue weighted by Crippen LogP contribution is 2.29. The van der Waals surface area contributed by atoms with Crippen LogP contribution in [0.15, 0.2) is 16.5 Å². The molecule has 3 aliphatic rings. The summed E-state index contributed by atoms with van der Waals surface area (Å²) in [5, 5.41) is 0. The number of rotatable bonds is 5. The molecule has 1 aromatic rings. The van der Waals surface area contributed by atoms with Gasteiger partial charge in [0.1, 0.15) is 5.76 Å². The fraction of sp³-hybridized carbons (Fsp3) is 0.684. The maximum absolute atomic E-state index is 12.1. The topological polar surface area (TPSA) is 60.2 Å². The molecule has 2 amide bonds. The Morgan fingerprint density at radius 3 is 2.54 bits per heavy atom. The highest BCUT2D eigenvalue weighted by molar-refractivity contribution is 5.91. The second-order valence-electron chi connectivity index (χ2n) is 7.97. The van der Waals surface area contributed by atoms with Crippen LogP contribution < -0.4 is 0 Å². The van der Waals surface area contributed by atoms with E-state index in [1.54, 1.807) is 25.1 Å². The molecule has 0 saturated carbocycles. The van der Waals surface area contributed by atoms with Crippen molar-refractivity contribution in [1.82, 2.24) is 19.6 Å². The summed E-state index contributed by atoms with van der Waals surface area (Å²) in [5.74, 6) is 1.86. The van der Waals surface area contributed by atoms with Gasteiger partial charge in [0, 0.05) is 53.9 Å². The molecular formula is C19H30N4O3. The third-order valence-electron chi connectivity index (χ3n) is 5.40. The number of hydrogen-bond acceptors (Lipinski definition) is 5. The van der Waals surface area contributed by atoms with Crippen LogP contribution >= 0.6 is 0 Å². The predicted molar refractivity (Wildman–Crippen MR) is 98.8 cm³/mol. The minimum atomic E-state index is -0.109. The number of fused-ring (bicyclic) bond motifs is 4. The first-order chi connectivity index (χ1) is 12.3. The van der Waals surface area contributed by atoms with Gasteiger partial charge in [-0.3, -0.25) is 19.4 Å². The van der Waals surface area contributed by atoms with Crippen LogP contribution in [0.25, 0.3) is 0 Å². The molecule has 2 atom stereocenters. The van der Waals surface area contributed by atoms with Crippen molar-refractivity contribution in [3.05, 3.63) is 23.7 Å². The Hall–Kier alpha value is -1.86. The summed E-state index contributed by atoms with van der Waals surface area (Å²) in [5.41, 5.74) is 0. The number of amides is 2. The highest BCUT2D eigenvalue weighted by Gasteiger charge is 2.35. The second kappa shape index (κ2) is 7.80. The molecule has 0 aliphatic carbocycles. The summed E-state index contributed by atoms with van der Waals surface area (Å²) >= 11 is 0. The number of hydrogen-bond donors (Lipinski definition) is 0. The Morgan fingerprint density at radius 2 is 1.85 bits per heavy atom. The zero-order valence-corrected chi connectivity index (χ0v) is 16.3. The van der Waals surface area contributed by atoms with Gasteiger partial charge < -0.3 is 14.2 Å². The number of piperidine rings is 1. The maximum atomic E-state index is 12.1. The molecule has 0 aromatic carbocycles. The number of nitrogens with zero attached hydrogens (tertiary/aromatic N) is 4. The molecule has 144 valence electrons. The van der Waals surface area contributed by atoms with Crippen molar-refractivity contribution in [3.63, 3.8) is 0 Å². The molecule has 0 N–H and O–H groups in total. The van der Waals surface area contributed by atoms with E-state index >= 15 is 0 Å². The van der Waals surface area contributed by atoms with E-state index in [2.05, 4.69) is 9.80 Å². The fourth-order valence-corrected chi connectivity index (χ4v) is 3.93.